The highest BCUT2D eigenvalue weighted by atomic mass is 16.5. The molecule has 1 aromatic carbocycles. The van der Waals surface area contributed by atoms with E-state index in [2.05, 4.69) is 42.7 Å². The molecule has 0 saturated carbocycles. The van der Waals surface area contributed by atoms with E-state index in [1.54, 1.807) is 7.11 Å². The summed E-state index contributed by atoms with van der Waals surface area (Å²) in [7, 11) is 1.66. The predicted molar refractivity (Wildman–Crippen MR) is 80.2 cm³/mol. The van der Waals surface area contributed by atoms with E-state index in [0.29, 0.717) is 6.54 Å². The Hall–Kier alpha value is -1.50. The molecule has 0 heterocycles. The monoisotopic (exact) mass is 260 g/mol. The van der Waals surface area contributed by atoms with Crippen LogP contribution in [0.4, 0.5) is 0 Å². The fourth-order valence-electron chi connectivity index (χ4n) is 2.02. The Morgan fingerprint density at radius 1 is 1.32 bits per heavy atom. The molecule has 1 aromatic rings. The number of benzene rings is 1. The van der Waals surface area contributed by atoms with Gasteiger partial charge in [-0.3, -0.25) is 4.90 Å². The summed E-state index contributed by atoms with van der Waals surface area (Å²) in [5, 5.41) is 0. The van der Waals surface area contributed by atoms with Gasteiger partial charge in [-0.2, -0.15) is 0 Å². The maximum Gasteiger partial charge on any atom is 0.134 e. The van der Waals surface area contributed by atoms with Crippen molar-refractivity contribution in [2.45, 2.75) is 26.8 Å². The van der Waals surface area contributed by atoms with E-state index >= 15 is 0 Å². The molecule has 0 aliphatic heterocycles. The van der Waals surface area contributed by atoms with Crippen LogP contribution in [-0.2, 0) is 6.54 Å². The van der Waals surface area contributed by atoms with Gasteiger partial charge in [0.25, 0.3) is 0 Å². The Morgan fingerprint density at radius 3 is 2.68 bits per heavy atom. The quantitative estimate of drug-likeness (QED) is 0.797. The van der Waals surface area contributed by atoms with Crippen LogP contribution in [0, 0.1) is 11.8 Å². The minimum absolute atomic E-state index is 0.365. The molecule has 0 spiro atoms. The van der Waals surface area contributed by atoms with Gasteiger partial charge in [0, 0.05) is 6.54 Å². The first kappa shape index (κ1) is 15.6. The SMILES string of the molecule is CCCN(CC)Cc1ccc(OC)c(C#CCN)c1. The van der Waals surface area contributed by atoms with Gasteiger partial charge in [-0.05, 0) is 37.2 Å². The molecule has 2 N–H and O–H groups in total. The molecule has 0 bridgehead atoms. The van der Waals surface area contributed by atoms with Crippen LogP contribution in [0.25, 0.3) is 0 Å². The molecular weight excluding hydrogens is 236 g/mol. The molecule has 1 rings (SSSR count). The van der Waals surface area contributed by atoms with E-state index < -0.39 is 0 Å². The first-order chi connectivity index (χ1) is 9.24. The molecule has 0 aromatic heterocycles. The number of nitrogens with zero attached hydrogens (tertiary/aromatic N) is 1. The van der Waals surface area contributed by atoms with Crippen LogP contribution in [0.5, 0.6) is 5.75 Å². The zero-order chi connectivity index (χ0) is 14.1. The molecule has 3 heteroatoms. The molecule has 3 nitrogen and oxygen atoms in total. The Bertz CT molecular complexity index is 446. The van der Waals surface area contributed by atoms with Crippen molar-refractivity contribution in [2.24, 2.45) is 5.73 Å². The molecular formula is C16H24N2O. The Morgan fingerprint density at radius 2 is 2.11 bits per heavy atom. The Labute approximate surface area is 116 Å². The van der Waals surface area contributed by atoms with E-state index in [1.165, 1.54) is 12.0 Å². The minimum Gasteiger partial charge on any atom is -0.495 e. The third-order valence-electron chi connectivity index (χ3n) is 2.98. The van der Waals surface area contributed by atoms with E-state index in [1.807, 2.05) is 6.07 Å². The lowest BCUT2D eigenvalue weighted by Crippen LogP contribution is -2.23. The smallest absolute Gasteiger partial charge is 0.134 e. The van der Waals surface area contributed by atoms with Crippen LogP contribution >= 0.6 is 0 Å². The molecule has 0 aliphatic rings. The number of hydrogen-bond donors (Lipinski definition) is 1. The van der Waals surface area contributed by atoms with E-state index in [9.17, 15) is 0 Å². The summed E-state index contributed by atoms with van der Waals surface area (Å²) in [4.78, 5) is 2.42. The van der Waals surface area contributed by atoms with Crippen LogP contribution in [0.15, 0.2) is 18.2 Å². The van der Waals surface area contributed by atoms with Gasteiger partial charge < -0.3 is 10.5 Å². The lowest BCUT2D eigenvalue weighted by atomic mass is 10.1. The number of methoxy groups -OCH3 is 1. The fraction of sp³-hybridized carbons (Fsp3) is 0.500. The molecule has 0 atom stereocenters. The third kappa shape index (κ3) is 4.94. The van der Waals surface area contributed by atoms with Gasteiger partial charge in [0.1, 0.15) is 5.75 Å². The highest BCUT2D eigenvalue weighted by Gasteiger charge is 2.06. The molecule has 104 valence electrons. The molecule has 0 saturated heterocycles. The lowest BCUT2D eigenvalue weighted by molar-refractivity contribution is 0.280. The van der Waals surface area contributed by atoms with Crippen molar-refractivity contribution < 1.29 is 4.74 Å². The maximum atomic E-state index is 5.43. The Balaban J connectivity index is 2.90. The summed E-state index contributed by atoms with van der Waals surface area (Å²) in [5.41, 5.74) is 7.60. The number of ether oxygens (including phenoxy) is 1. The van der Waals surface area contributed by atoms with Crippen molar-refractivity contribution in [1.29, 1.82) is 0 Å². The van der Waals surface area contributed by atoms with Gasteiger partial charge in [-0.1, -0.05) is 31.8 Å². The average Bonchev–Trinajstić information content (AvgIpc) is 2.44. The summed E-state index contributed by atoms with van der Waals surface area (Å²) < 4.78 is 5.32. The summed E-state index contributed by atoms with van der Waals surface area (Å²) in [6.07, 6.45) is 1.17. The van der Waals surface area contributed by atoms with Gasteiger partial charge in [0.2, 0.25) is 0 Å². The summed E-state index contributed by atoms with van der Waals surface area (Å²) in [6.45, 7) is 7.88. The van der Waals surface area contributed by atoms with E-state index in [-0.39, 0.29) is 0 Å². The van der Waals surface area contributed by atoms with Crippen molar-refractivity contribution in [3.63, 3.8) is 0 Å². The summed E-state index contributed by atoms with van der Waals surface area (Å²) in [5.74, 6) is 6.76. The highest BCUT2D eigenvalue weighted by molar-refractivity contribution is 5.48. The maximum absolute atomic E-state index is 5.43. The van der Waals surface area contributed by atoms with Crippen molar-refractivity contribution in [3.05, 3.63) is 29.3 Å². The lowest BCUT2D eigenvalue weighted by Gasteiger charge is -2.20. The second-order valence-electron chi connectivity index (χ2n) is 4.41. The van der Waals surface area contributed by atoms with Gasteiger partial charge in [-0.15, -0.1) is 0 Å². The van der Waals surface area contributed by atoms with Crippen LogP contribution < -0.4 is 10.5 Å². The largest absolute Gasteiger partial charge is 0.495 e. The molecule has 19 heavy (non-hydrogen) atoms. The van der Waals surface area contributed by atoms with Crippen LogP contribution in [0.1, 0.15) is 31.4 Å². The first-order valence-corrected chi connectivity index (χ1v) is 6.83. The van der Waals surface area contributed by atoms with Gasteiger partial charge in [-0.25, -0.2) is 0 Å². The standard InChI is InChI=1S/C16H24N2O/c1-4-11-18(5-2)13-14-8-9-16(19-3)15(12-14)7-6-10-17/h8-9,12H,4-5,10-11,13,17H2,1-3H3. The zero-order valence-electron chi connectivity index (χ0n) is 12.2. The third-order valence-corrected chi connectivity index (χ3v) is 2.98. The molecule has 0 radical (unpaired) electrons. The van der Waals surface area contributed by atoms with E-state index in [4.69, 9.17) is 10.5 Å². The van der Waals surface area contributed by atoms with Crippen LogP contribution in [0.2, 0.25) is 0 Å². The summed E-state index contributed by atoms with van der Waals surface area (Å²) in [6, 6.07) is 6.18. The fourth-order valence-corrected chi connectivity index (χ4v) is 2.02. The van der Waals surface area contributed by atoms with Gasteiger partial charge in [0.05, 0.1) is 19.2 Å². The van der Waals surface area contributed by atoms with E-state index in [0.717, 1.165) is 30.9 Å². The second kappa shape index (κ2) is 8.58. The molecule has 0 unspecified atom stereocenters. The molecule has 0 amide bonds. The van der Waals surface area contributed by atoms with Crippen LogP contribution in [-0.4, -0.2) is 31.6 Å². The van der Waals surface area contributed by atoms with Gasteiger partial charge >= 0.3 is 0 Å². The van der Waals surface area contributed by atoms with Crippen molar-refractivity contribution in [2.75, 3.05) is 26.7 Å². The van der Waals surface area contributed by atoms with Crippen molar-refractivity contribution in [1.82, 2.24) is 4.90 Å². The Kier molecular flexibility index (Phi) is 7.02. The number of rotatable bonds is 6. The average molecular weight is 260 g/mol. The topological polar surface area (TPSA) is 38.5 Å². The zero-order valence-corrected chi connectivity index (χ0v) is 12.2. The number of hydrogen-bond acceptors (Lipinski definition) is 3. The molecule has 0 aliphatic carbocycles. The number of nitrogens with two attached hydrogens (primary N) is 1. The minimum atomic E-state index is 0.365. The summed E-state index contributed by atoms with van der Waals surface area (Å²) >= 11 is 0. The molecule has 0 fully saturated rings. The normalized spacial score (nSPS) is 10.2. The predicted octanol–water partition coefficient (Wildman–Crippen LogP) is 2.24. The first-order valence-electron chi connectivity index (χ1n) is 6.83. The van der Waals surface area contributed by atoms with Crippen molar-refractivity contribution in [3.8, 4) is 17.6 Å². The second-order valence-corrected chi connectivity index (χ2v) is 4.41. The highest BCUT2D eigenvalue weighted by Crippen LogP contribution is 2.19. The van der Waals surface area contributed by atoms with Gasteiger partial charge in [0.15, 0.2) is 0 Å². The van der Waals surface area contributed by atoms with Crippen molar-refractivity contribution >= 4 is 0 Å². The van der Waals surface area contributed by atoms with Crippen LogP contribution in [0.3, 0.4) is 0 Å².